The molecule has 0 heterocycles. The Balaban J connectivity index is 2.05. The number of halogens is 1. The minimum absolute atomic E-state index is 0.0476. The van der Waals surface area contributed by atoms with Crippen molar-refractivity contribution in [1.29, 1.82) is 0 Å². The Morgan fingerprint density at radius 3 is 2.39 bits per heavy atom. The summed E-state index contributed by atoms with van der Waals surface area (Å²) in [6.45, 7) is 1.89. The first kappa shape index (κ1) is 19.6. The number of carbonyl (C=O) groups excluding carboxylic acids is 1. The molecule has 0 aliphatic heterocycles. The molecule has 2 aromatic rings. The zero-order valence-electron chi connectivity index (χ0n) is 15.7. The van der Waals surface area contributed by atoms with Gasteiger partial charge in [-0.25, -0.2) is 0 Å². The Labute approximate surface area is 169 Å². The van der Waals surface area contributed by atoms with E-state index in [1.54, 1.807) is 31.3 Å². The van der Waals surface area contributed by atoms with Crippen LogP contribution >= 0.6 is 11.6 Å². The Morgan fingerprint density at radius 2 is 1.79 bits per heavy atom. The maximum atomic E-state index is 12.8. The fraction of sp³-hybridized carbons (Fsp3) is 0.130. The zero-order chi connectivity index (χ0) is 20.1. The second-order valence-corrected chi connectivity index (χ2v) is 6.71. The molecule has 0 fully saturated rings. The normalized spacial score (nSPS) is 17.8. The zero-order valence-corrected chi connectivity index (χ0v) is 16.4. The van der Waals surface area contributed by atoms with Crippen LogP contribution in [0.3, 0.4) is 0 Å². The van der Waals surface area contributed by atoms with Crippen molar-refractivity contribution in [2.75, 3.05) is 7.05 Å². The summed E-state index contributed by atoms with van der Waals surface area (Å²) < 4.78 is 0. The van der Waals surface area contributed by atoms with Gasteiger partial charge in [-0.15, -0.1) is 0 Å². The minimum Gasteiger partial charge on any atom is -0.505 e. The quantitative estimate of drug-likeness (QED) is 0.750. The van der Waals surface area contributed by atoms with E-state index in [-0.39, 0.29) is 11.7 Å². The molecule has 1 atom stereocenters. The number of aliphatic imine (C=N–C) groups is 1. The summed E-state index contributed by atoms with van der Waals surface area (Å²) in [5.41, 5.74) is 3.23. The molecular formula is C23H21ClN2O2. The predicted molar refractivity (Wildman–Crippen MR) is 114 cm³/mol. The van der Waals surface area contributed by atoms with E-state index in [0.29, 0.717) is 21.9 Å². The standard InChI is InChI=1S/C23H21ClN2O2/c1-3-15-11-14-19(22(27)21(15)25-2)20(16-9-12-18(24)13-10-16)26-23(28)17-7-5-4-6-8-17/h3-14,20,27H,1-2H3,(H,26,28)/b15-3-,25-21?. The van der Waals surface area contributed by atoms with Gasteiger partial charge in [0.2, 0.25) is 0 Å². The Morgan fingerprint density at radius 1 is 1.11 bits per heavy atom. The van der Waals surface area contributed by atoms with Crippen molar-refractivity contribution in [3.8, 4) is 0 Å². The first-order valence-corrected chi connectivity index (χ1v) is 9.29. The molecule has 0 spiro atoms. The molecule has 0 saturated heterocycles. The van der Waals surface area contributed by atoms with Crippen molar-refractivity contribution in [3.63, 3.8) is 0 Å². The van der Waals surface area contributed by atoms with E-state index in [1.807, 2.05) is 55.5 Å². The highest BCUT2D eigenvalue weighted by Crippen LogP contribution is 2.31. The number of aliphatic hydroxyl groups is 1. The summed E-state index contributed by atoms with van der Waals surface area (Å²) in [7, 11) is 1.63. The van der Waals surface area contributed by atoms with Crippen LogP contribution in [0.4, 0.5) is 0 Å². The molecule has 1 unspecified atom stereocenters. The van der Waals surface area contributed by atoms with Gasteiger partial charge in [0.15, 0.2) is 0 Å². The van der Waals surface area contributed by atoms with Crippen LogP contribution in [0.25, 0.3) is 0 Å². The number of hydrogen-bond donors (Lipinski definition) is 2. The number of nitrogens with zero attached hydrogens (tertiary/aromatic N) is 1. The first-order chi connectivity index (χ1) is 13.5. The van der Waals surface area contributed by atoms with Gasteiger partial charge in [0.1, 0.15) is 11.5 Å². The van der Waals surface area contributed by atoms with Crippen molar-refractivity contribution in [2.24, 2.45) is 4.99 Å². The summed E-state index contributed by atoms with van der Waals surface area (Å²) in [5.74, 6) is -0.188. The molecule has 0 bridgehead atoms. The molecule has 2 aromatic carbocycles. The van der Waals surface area contributed by atoms with Gasteiger partial charge in [0.25, 0.3) is 5.91 Å². The van der Waals surface area contributed by atoms with Gasteiger partial charge < -0.3 is 10.4 Å². The number of nitrogens with one attached hydrogen (secondary N) is 1. The minimum atomic E-state index is -0.559. The Bertz CT molecular complexity index is 987. The molecule has 4 nitrogen and oxygen atoms in total. The number of carbonyl (C=O) groups is 1. The second kappa shape index (κ2) is 8.72. The van der Waals surface area contributed by atoms with Crippen LogP contribution in [-0.4, -0.2) is 23.8 Å². The molecule has 142 valence electrons. The topological polar surface area (TPSA) is 61.7 Å². The van der Waals surface area contributed by atoms with E-state index in [4.69, 9.17) is 11.6 Å². The summed E-state index contributed by atoms with van der Waals surface area (Å²) in [5, 5.41) is 14.5. The molecule has 2 N–H and O–H groups in total. The fourth-order valence-electron chi connectivity index (χ4n) is 3.11. The van der Waals surface area contributed by atoms with Crippen LogP contribution < -0.4 is 5.32 Å². The Hall–Kier alpha value is -3.11. The van der Waals surface area contributed by atoms with E-state index in [1.165, 1.54) is 0 Å². The highest BCUT2D eigenvalue weighted by Gasteiger charge is 2.26. The number of hydrogen-bond acceptors (Lipinski definition) is 3. The Kier molecular flexibility index (Phi) is 6.12. The van der Waals surface area contributed by atoms with Crippen molar-refractivity contribution in [3.05, 3.63) is 106 Å². The molecule has 0 radical (unpaired) electrons. The van der Waals surface area contributed by atoms with Gasteiger partial charge in [-0.2, -0.15) is 0 Å². The van der Waals surface area contributed by atoms with E-state index in [0.717, 1.165) is 11.1 Å². The molecular weight excluding hydrogens is 372 g/mol. The fourth-order valence-corrected chi connectivity index (χ4v) is 3.24. The lowest BCUT2D eigenvalue weighted by atomic mass is 9.89. The molecule has 28 heavy (non-hydrogen) atoms. The summed E-state index contributed by atoms with van der Waals surface area (Å²) in [6, 6.07) is 15.6. The van der Waals surface area contributed by atoms with Crippen LogP contribution in [0, 0.1) is 0 Å². The summed E-state index contributed by atoms with van der Waals surface area (Å²) in [4.78, 5) is 17.0. The number of benzene rings is 2. The predicted octanol–water partition coefficient (Wildman–Crippen LogP) is 5.21. The smallest absolute Gasteiger partial charge is 0.252 e. The maximum absolute atomic E-state index is 12.8. The van der Waals surface area contributed by atoms with Gasteiger partial charge in [-0.1, -0.05) is 60.2 Å². The second-order valence-electron chi connectivity index (χ2n) is 6.28. The monoisotopic (exact) mass is 392 g/mol. The molecule has 5 heteroatoms. The SMILES string of the molecule is C/C=C1/C=CC(C(NC(=O)c2ccccc2)c2ccc(Cl)cc2)=C(O)C1=NC. The third-order valence-corrected chi connectivity index (χ3v) is 4.83. The van der Waals surface area contributed by atoms with E-state index in [2.05, 4.69) is 10.3 Å². The molecule has 0 aromatic heterocycles. The van der Waals surface area contributed by atoms with Crippen LogP contribution in [0.2, 0.25) is 5.02 Å². The first-order valence-electron chi connectivity index (χ1n) is 8.91. The average Bonchev–Trinajstić information content (AvgIpc) is 2.73. The van der Waals surface area contributed by atoms with Gasteiger partial charge >= 0.3 is 0 Å². The van der Waals surface area contributed by atoms with Crippen LogP contribution in [0.5, 0.6) is 0 Å². The van der Waals surface area contributed by atoms with Crippen molar-refractivity contribution in [1.82, 2.24) is 5.32 Å². The molecule has 0 saturated carbocycles. The van der Waals surface area contributed by atoms with Crippen LogP contribution in [0.15, 0.2) is 94.7 Å². The third kappa shape index (κ3) is 4.07. The van der Waals surface area contributed by atoms with Crippen LogP contribution in [0.1, 0.15) is 28.9 Å². The number of amides is 1. The van der Waals surface area contributed by atoms with Crippen molar-refractivity contribution >= 4 is 23.2 Å². The molecule has 3 rings (SSSR count). The highest BCUT2D eigenvalue weighted by atomic mass is 35.5. The van der Waals surface area contributed by atoms with E-state index in [9.17, 15) is 9.90 Å². The molecule has 1 aliphatic carbocycles. The lowest BCUT2D eigenvalue weighted by molar-refractivity contribution is 0.0942. The van der Waals surface area contributed by atoms with E-state index < -0.39 is 6.04 Å². The molecule has 1 aliphatic rings. The third-order valence-electron chi connectivity index (χ3n) is 4.57. The summed E-state index contributed by atoms with van der Waals surface area (Å²) in [6.07, 6.45) is 5.57. The molecule has 1 amide bonds. The van der Waals surface area contributed by atoms with Gasteiger partial charge in [-0.3, -0.25) is 9.79 Å². The van der Waals surface area contributed by atoms with E-state index >= 15 is 0 Å². The number of rotatable bonds is 4. The lowest BCUT2D eigenvalue weighted by Crippen LogP contribution is -2.31. The largest absolute Gasteiger partial charge is 0.505 e. The number of aliphatic hydroxyl groups excluding tert-OH is 1. The lowest BCUT2D eigenvalue weighted by Gasteiger charge is -2.25. The van der Waals surface area contributed by atoms with Crippen LogP contribution in [-0.2, 0) is 0 Å². The van der Waals surface area contributed by atoms with Gasteiger partial charge in [-0.05, 0) is 42.3 Å². The van der Waals surface area contributed by atoms with Crippen molar-refractivity contribution in [2.45, 2.75) is 13.0 Å². The average molecular weight is 393 g/mol. The maximum Gasteiger partial charge on any atom is 0.252 e. The summed E-state index contributed by atoms with van der Waals surface area (Å²) >= 11 is 6.03. The van der Waals surface area contributed by atoms with Gasteiger partial charge in [0, 0.05) is 23.2 Å². The van der Waals surface area contributed by atoms with Gasteiger partial charge in [0.05, 0.1) is 6.04 Å². The highest BCUT2D eigenvalue weighted by molar-refractivity contribution is 6.30. The van der Waals surface area contributed by atoms with Crippen molar-refractivity contribution < 1.29 is 9.90 Å². The number of allylic oxidation sites excluding steroid dienone is 3.